The number of hydrogen-bond acceptors (Lipinski definition) is 5. The van der Waals surface area contributed by atoms with E-state index in [0.717, 1.165) is 6.42 Å². The monoisotopic (exact) mass is 370 g/mol. The molecule has 0 aliphatic heterocycles. The van der Waals surface area contributed by atoms with Gasteiger partial charge in [0.05, 0.1) is 19.0 Å². The maximum atomic E-state index is 12.5. The number of nitrogens with zero attached hydrogens (tertiary/aromatic N) is 1. The van der Waals surface area contributed by atoms with Crippen LogP contribution in [-0.4, -0.2) is 57.7 Å². The first-order chi connectivity index (χ1) is 11.8. The number of sulfone groups is 1. The number of carbonyl (C=O) groups excluding carboxylic acids is 1. The Morgan fingerprint density at radius 3 is 2.64 bits per heavy atom. The molecule has 0 saturated heterocycles. The normalized spacial score (nSPS) is 20.2. The minimum absolute atomic E-state index is 0.306. The van der Waals surface area contributed by atoms with Crippen molar-refractivity contribution in [2.45, 2.75) is 37.5 Å². The summed E-state index contributed by atoms with van der Waals surface area (Å²) in [6.45, 7) is 2.34. The molecule has 0 radical (unpaired) electrons. The lowest BCUT2D eigenvalue weighted by molar-refractivity contribution is 0.205. The summed E-state index contributed by atoms with van der Waals surface area (Å²) in [6, 6.07) is 4.48. The zero-order chi connectivity index (χ0) is 18.6. The first-order valence-electron chi connectivity index (χ1n) is 8.31. The smallest absolute Gasteiger partial charge is 0.321 e. The average Bonchev–Trinajstić information content (AvgIpc) is 3.04. The minimum atomic E-state index is -3.18. The van der Waals surface area contributed by atoms with E-state index in [4.69, 9.17) is 9.47 Å². The fourth-order valence-corrected chi connectivity index (χ4v) is 4.72. The Bertz CT molecular complexity index is 720. The number of anilines is 1. The predicted molar refractivity (Wildman–Crippen MR) is 97.2 cm³/mol. The quantitative estimate of drug-likeness (QED) is 0.832. The molecule has 1 aliphatic carbocycles. The van der Waals surface area contributed by atoms with Crippen molar-refractivity contribution in [1.82, 2.24) is 4.90 Å². The van der Waals surface area contributed by atoms with Gasteiger partial charge in [-0.15, -0.1) is 0 Å². The highest BCUT2D eigenvalue weighted by molar-refractivity contribution is 7.91. The second-order valence-corrected chi connectivity index (χ2v) is 8.47. The SMILES string of the molecule is CCOc1cc(NC(=O)N(C)[C@H]2CCC[C@H]2S(C)(=O)=O)ccc1OC. The summed E-state index contributed by atoms with van der Waals surface area (Å²) in [4.78, 5) is 14.0. The van der Waals surface area contributed by atoms with Gasteiger partial charge < -0.3 is 19.7 Å². The van der Waals surface area contributed by atoms with Crippen molar-refractivity contribution in [2.75, 3.05) is 32.3 Å². The maximum absolute atomic E-state index is 12.5. The molecule has 1 N–H and O–H groups in total. The highest BCUT2D eigenvalue weighted by Gasteiger charge is 2.38. The Morgan fingerprint density at radius 1 is 1.32 bits per heavy atom. The van der Waals surface area contributed by atoms with Crippen LogP contribution in [0.3, 0.4) is 0 Å². The van der Waals surface area contributed by atoms with Gasteiger partial charge in [0.25, 0.3) is 0 Å². The molecule has 0 unspecified atom stereocenters. The van der Waals surface area contributed by atoms with E-state index in [1.807, 2.05) is 6.92 Å². The Morgan fingerprint density at radius 2 is 2.04 bits per heavy atom. The standard InChI is InChI=1S/C17H26N2O5S/c1-5-24-15-11-12(9-10-14(15)23-3)18-17(20)19(2)13-7-6-8-16(13)25(4,21)22/h9-11,13,16H,5-8H2,1-4H3,(H,18,20)/t13-,16+/m0/s1. The third kappa shape index (κ3) is 4.56. The molecule has 8 heteroatoms. The van der Waals surface area contributed by atoms with Crippen LogP contribution < -0.4 is 14.8 Å². The number of rotatable bonds is 6. The molecular weight excluding hydrogens is 344 g/mol. The zero-order valence-electron chi connectivity index (χ0n) is 15.1. The molecule has 1 aromatic carbocycles. The molecule has 1 aromatic rings. The summed E-state index contributed by atoms with van der Waals surface area (Å²) in [6.07, 6.45) is 3.32. The molecule has 2 amide bonds. The van der Waals surface area contributed by atoms with Gasteiger partial charge in [-0.3, -0.25) is 0 Å². The first kappa shape index (κ1) is 19.4. The third-order valence-corrected chi connectivity index (χ3v) is 6.15. The van der Waals surface area contributed by atoms with E-state index in [1.165, 1.54) is 11.2 Å². The van der Waals surface area contributed by atoms with Gasteiger partial charge in [-0.05, 0) is 38.3 Å². The molecule has 0 bridgehead atoms. The number of methoxy groups -OCH3 is 1. The van der Waals surface area contributed by atoms with E-state index >= 15 is 0 Å². The van der Waals surface area contributed by atoms with Crippen molar-refractivity contribution in [3.05, 3.63) is 18.2 Å². The van der Waals surface area contributed by atoms with Gasteiger partial charge in [-0.2, -0.15) is 0 Å². The Hall–Kier alpha value is -1.96. The van der Waals surface area contributed by atoms with Crippen LogP contribution in [0.25, 0.3) is 0 Å². The van der Waals surface area contributed by atoms with E-state index in [2.05, 4.69) is 5.32 Å². The van der Waals surface area contributed by atoms with Crippen LogP contribution in [0.4, 0.5) is 10.5 Å². The van der Waals surface area contributed by atoms with Gasteiger partial charge in [0.15, 0.2) is 21.3 Å². The van der Waals surface area contributed by atoms with Gasteiger partial charge in [0.1, 0.15) is 0 Å². The van der Waals surface area contributed by atoms with Crippen molar-refractivity contribution in [2.24, 2.45) is 0 Å². The minimum Gasteiger partial charge on any atom is -0.493 e. The lowest BCUT2D eigenvalue weighted by atomic mass is 10.2. The Labute approximate surface area is 149 Å². The Balaban J connectivity index is 2.12. The van der Waals surface area contributed by atoms with Crippen molar-refractivity contribution >= 4 is 21.6 Å². The zero-order valence-corrected chi connectivity index (χ0v) is 15.9. The molecule has 2 atom stereocenters. The topological polar surface area (TPSA) is 84.9 Å². The number of hydrogen-bond donors (Lipinski definition) is 1. The number of amides is 2. The largest absolute Gasteiger partial charge is 0.493 e. The van der Waals surface area contributed by atoms with Gasteiger partial charge in [-0.25, -0.2) is 13.2 Å². The molecular formula is C17H26N2O5S. The highest BCUT2D eigenvalue weighted by Crippen LogP contribution is 2.31. The molecule has 140 valence electrons. The lowest BCUT2D eigenvalue weighted by Gasteiger charge is -2.29. The molecule has 2 rings (SSSR count). The third-order valence-electron chi connectivity index (χ3n) is 4.50. The summed E-state index contributed by atoms with van der Waals surface area (Å²) in [5, 5.41) is 2.30. The molecule has 1 aliphatic rings. The number of urea groups is 1. The van der Waals surface area contributed by atoms with Crippen LogP contribution in [0.5, 0.6) is 11.5 Å². The van der Waals surface area contributed by atoms with Gasteiger partial charge in [0, 0.05) is 31.1 Å². The number of carbonyl (C=O) groups is 1. The van der Waals surface area contributed by atoms with Crippen LogP contribution in [0, 0.1) is 0 Å². The maximum Gasteiger partial charge on any atom is 0.321 e. The van der Waals surface area contributed by atoms with Crippen molar-refractivity contribution in [3.8, 4) is 11.5 Å². The second-order valence-electron chi connectivity index (χ2n) is 6.21. The van der Waals surface area contributed by atoms with Crippen LogP contribution in [0.2, 0.25) is 0 Å². The number of nitrogens with one attached hydrogen (secondary N) is 1. The second kappa shape index (κ2) is 7.95. The van der Waals surface area contributed by atoms with Gasteiger partial charge in [-0.1, -0.05) is 0 Å². The predicted octanol–water partition coefficient (Wildman–Crippen LogP) is 2.52. The lowest BCUT2D eigenvalue weighted by Crippen LogP contribution is -2.46. The summed E-state index contributed by atoms with van der Waals surface area (Å²) < 4.78 is 34.6. The van der Waals surface area contributed by atoms with E-state index in [0.29, 0.717) is 36.6 Å². The van der Waals surface area contributed by atoms with E-state index in [-0.39, 0.29) is 12.1 Å². The molecule has 7 nitrogen and oxygen atoms in total. The summed E-state index contributed by atoms with van der Waals surface area (Å²) in [7, 11) is 0.00192. The summed E-state index contributed by atoms with van der Waals surface area (Å²) in [5.74, 6) is 1.13. The van der Waals surface area contributed by atoms with Crippen LogP contribution >= 0.6 is 0 Å². The van der Waals surface area contributed by atoms with Crippen molar-refractivity contribution in [3.63, 3.8) is 0 Å². The van der Waals surface area contributed by atoms with E-state index in [9.17, 15) is 13.2 Å². The number of ether oxygens (including phenoxy) is 2. The molecule has 1 saturated carbocycles. The Kier molecular flexibility index (Phi) is 6.16. The van der Waals surface area contributed by atoms with Crippen molar-refractivity contribution < 1.29 is 22.7 Å². The average molecular weight is 370 g/mol. The summed E-state index contributed by atoms with van der Waals surface area (Å²) >= 11 is 0. The molecule has 1 fully saturated rings. The molecule has 0 heterocycles. The van der Waals surface area contributed by atoms with Crippen LogP contribution in [0.1, 0.15) is 26.2 Å². The summed E-state index contributed by atoms with van der Waals surface area (Å²) in [5.41, 5.74) is 0.565. The van der Waals surface area contributed by atoms with Gasteiger partial charge >= 0.3 is 6.03 Å². The van der Waals surface area contributed by atoms with E-state index in [1.54, 1.807) is 32.4 Å². The fraction of sp³-hybridized carbons (Fsp3) is 0.588. The van der Waals surface area contributed by atoms with Crippen LogP contribution in [0.15, 0.2) is 18.2 Å². The van der Waals surface area contributed by atoms with Gasteiger partial charge in [0.2, 0.25) is 0 Å². The van der Waals surface area contributed by atoms with Crippen LogP contribution in [-0.2, 0) is 9.84 Å². The van der Waals surface area contributed by atoms with E-state index < -0.39 is 15.1 Å². The molecule has 0 spiro atoms. The molecule has 25 heavy (non-hydrogen) atoms. The fourth-order valence-electron chi connectivity index (χ4n) is 3.23. The molecule has 0 aromatic heterocycles. The highest BCUT2D eigenvalue weighted by atomic mass is 32.2. The number of benzene rings is 1. The van der Waals surface area contributed by atoms with Crippen molar-refractivity contribution in [1.29, 1.82) is 0 Å². The first-order valence-corrected chi connectivity index (χ1v) is 10.3.